The Hall–Kier alpha value is -3.67. The number of nitrogens with zero attached hydrogens (tertiary/aromatic N) is 1. The number of rotatable bonds is 6. The molecular formula is C24H23N3O3. The van der Waals surface area contributed by atoms with Crippen LogP contribution in [0.4, 0.5) is 4.79 Å². The van der Waals surface area contributed by atoms with Crippen LogP contribution in [0.1, 0.15) is 18.1 Å². The van der Waals surface area contributed by atoms with E-state index in [4.69, 9.17) is 0 Å². The Kier molecular flexibility index (Phi) is 5.23. The molecule has 0 radical (unpaired) electrons. The number of nitrogens with one attached hydrogen (secondary N) is 2. The lowest BCUT2D eigenvalue weighted by atomic mass is 9.88. The van der Waals surface area contributed by atoms with E-state index in [2.05, 4.69) is 10.6 Å². The van der Waals surface area contributed by atoms with Crippen molar-refractivity contribution >= 4 is 28.6 Å². The summed E-state index contributed by atoms with van der Waals surface area (Å²) in [5.41, 5.74) is 0.602. The number of benzene rings is 3. The number of imide groups is 1. The second kappa shape index (κ2) is 7.99. The molecule has 0 aliphatic carbocycles. The molecule has 152 valence electrons. The summed E-state index contributed by atoms with van der Waals surface area (Å²) >= 11 is 0. The minimum absolute atomic E-state index is 0.306. The van der Waals surface area contributed by atoms with Crippen molar-refractivity contribution in [1.29, 1.82) is 0 Å². The van der Waals surface area contributed by atoms with E-state index >= 15 is 0 Å². The smallest absolute Gasteiger partial charge is 0.325 e. The average Bonchev–Trinajstić information content (AvgIpc) is 2.98. The number of carbonyl (C=O) groups excluding carboxylic acids is 3. The van der Waals surface area contributed by atoms with Gasteiger partial charge in [0.2, 0.25) is 5.91 Å². The van der Waals surface area contributed by atoms with Crippen molar-refractivity contribution in [2.45, 2.75) is 18.9 Å². The van der Waals surface area contributed by atoms with Crippen molar-refractivity contribution in [2.24, 2.45) is 0 Å². The fourth-order valence-corrected chi connectivity index (χ4v) is 3.87. The zero-order valence-electron chi connectivity index (χ0n) is 16.7. The molecule has 1 saturated heterocycles. The van der Waals surface area contributed by atoms with Crippen LogP contribution in [0.15, 0.2) is 72.8 Å². The maximum absolute atomic E-state index is 13.2. The first kappa shape index (κ1) is 19.6. The number of carbonyl (C=O) groups is 3. The molecule has 1 atom stereocenters. The molecule has 2 N–H and O–H groups in total. The summed E-state index contributed by atoms with van der Waals surface area (Å²) in [4.78, 5) is 39.1. The van der Waals surface area contributed by atoms with Gasteiger partial charge in [-0.3, -0.25) is 14.5 Å². The molecule has 0 unspecified atom stereocenters. The standard InChI is InChI=1S/C24H23N3O3/c1-24(20-13-7-11-18-10-5-6-12-19(18)20)22(29)27(23(30)26-24)16-21(28)25-15-14-17-8-3-2-4-9-17/h2-13H,14-16H2,1H3,(H,25,28)(H,26,30)/t24-/m1/s1. The summed E-state index contributed by atoms with van der Waals surface area (Å²) in [6.45, 7) is 1.81. The fourth-order valence-electron chi connectivity index (χ4n) is 3.87. The van der Waals surface area contributed by atoms with E-state index in [9.17, 15) is 14.4 Å². The summed E-state index contributed by atoms with van der Waals surface area (Å²) in [6.07, 6.45) is 0.681. The molecule has 30 heavy (non-hydrogen) atoms. The predicted octanol–water partition coefficient (Wildman–Crippen LogP) is 2.97. The van der Waals surface area contributed by atoms with Crippen molar-refractivity contribution in [3.63, 3.8) is 0 Å². The fraction of sp³-hybridized carbons (Fsp3) is 0.208. The lowest BCUT2D eigenvalue weighted by molar-refractivity contribution is -0.134. The van der Waals surface area contributed by atoms with E-state index in [0.29, 0.717) is 18.5 Å². The summed E-state index contributed by atoms with van der Waals surface area (Å²) in [5, 5.41) is 7.44. The van der Waals surface area contributed by atoms with E-state index in [0.717, 1.165) is 21.2 Å². The third kappa shape index (κ3) is 3.64. The highest BCUT2D eigenvalue weighted by Crippen LogP contribution is 2.33. The van der Waals surface area contributed by atoms with Crippen LogP contribution >= 0.6 is 0 Å². The van der Waals surface area contributed by atoms with Crippen LogP contribution in [0.3, 0.4) is 0 Å². The molecule has 0 saturated carbocycles. The van der Waals surface area contributed by atoms with Crippen molar-refractivity contribution in [3.05, 3.63) is 83.9 Å². The zero-order chi connectivity index (χ0) is 21.1. The third-order valence-corrected chi connectivity index (χ3v) is 5.48. The minimum Gasteiger partial charge on any atom is -0.354 e. The van der Waals surface area contributed by atoms with Gasteiger partial charge in [-0.05, 0) is 35.2 Å². The average molecular weight is 401 g/mol. The van der Waals surface area contributed by atoms with Crippen LogP contribution in [0.5, 0.6) is 0 Å². The summed E-state index contributed by atoms with van der Waals surface area (Å²) in [5.74, 6) is -0.793. The van der Waals surface area contributed by atoms with Gasteiger partial charge >= 0.3 is 6.03 Å². The molecule has 1 aliphatic rings. The van der Waals surface area contributed by atoms with Gasteiger partial charge in [0.15, 0.2) is 0 Å². The Morgan fingerprint density at radius 3 is 2.47 bits per heavy atom. The molecule has 4 rings (SSSR count). The van der Waals surface area contributed by atoms with E-state index in [1.165, 1.54) is 0 Å². The molecule has 1 aliphatic heterocycles. The highest BCUT2D eigenvalue weighted by Gasteiger charge is 2.50. The lowest BCUT2D eigenvalue weighted by Crippen LogP contribution is -2.43. The molecule has 0 spiro atoms. The quantitative estimate of drug-likeness (QED) is 0.624. The summed E-state index contributed by atoms with van der Waals surface area (Å²) < 4.78 is 0. The maximum atomic E-state index is 13.2. The third-order valence-electron chi connectivity index (χ3n) is 5.48. The van der Waals surface area contributed by atoms with E-state index in [1.807, 2.05) is 72.8 Å². The topological polar surface area (TPSA) is 78.5 Å². The van der Waals surface area contributed by atoms with E-state index < -0.39 is 17.5 Å². The molecule has 3 aromatic carbocycles. The van der Waals surface area contributed by atoms with Crippen molar-refractivity contribution < 1.29 is 14.4 Å². The van der Waals surface area contributed by atoms with Gasteiger partial charge in [0.1, 0.15) is 12.1 Å². The van der Waals surface area contributed by atoms with Gasteiger partial charge in [0.25, 0.3) is 5.91 Å². The molecule has 3 aromatic rings. The molecule has 0 aromatic heterocycles. The number of urea groups is 1. The lowest BCUT2D eigenvalue weighted by Gasteiger charge is -2.24. The number of hydrogen-bond donors (Lipinski definition) is 2. The van der Waals surface area contributed by atoms with Crippen molar-refractivity contribution in [2.75, 3.05) is 13.1 Å². The van der Waals surface area contributed by atoms with Gasteiger partial charge in [0, 0.05) is 6.54 Å². The van der Waals surface area contributed by atoms with Gasteiger partial charge in [0.05, 0.1) is 0 Å². The second-order valence-electron chi connectivity index (χ2n) is 7.56. The Morgan fingerprint density at radius 1 is 0.967 bits per heavy atom. The SMILES string of the molecule is C[C@]1(c2cccc3ccccc23)NC(=O)N(CC(=O)NCCc2ccccc2)C1=O. The Labute approximate surface area is 174 Å². The van der Waals surface area contributed by atoms with Crippen LogP contribution in [-0.2, 0) is 21.5 Å². The van der Waals surface area contributed by atoms with Crippen LogP contribution in [-0.4, -0.2) is 35.8 Å². The van der Waals surface area contributed by atoms with Gasteiger partial charge in [-0.1, -0.05) is 72.8 Å². The first-order valence-electron chi connectivity index (χ1n) is 9.92. The molecule has 0 bridgehead atoms. The normalized spacial score (nSPS) is 18.5. The summed E-state index contributed by atoms with van der Waals surface area (Å²) in [6, 6.07) is 22.6. The van der Waals surface area contributed by atoms with Crippen molar-refractivity contribution in [3.8, 4) is 0 Å². The Bertz CT molecular complexity index is 1110. The first-order valence-corrected chi connectivity index (χ1v) is 9.92. The number of fused-ring (bicyclic) bond motifs is 1. The zero-order valence-corrected chi connectivity index (χ0v) is 16.7. The van der Waals surface area contributed by atoms with Gasteiger partial charge in [-0.2, -0.15) is 0 Å². The largest absolute Gasteiger partial charge is 0.354 e. The molecule has 6 nitrogen and oxygen atoms in total. The Morgan fingerprint density at radius 2 is 1.67 bits per heavy atom. The van der Waals surface area contributed by atoms with Crippen molar-refractivity contribution in [1.82, 2.24) is 15.5 Å². The van der Waals surface area contributed by atoms with Crippen LogP contribution in [0.2, 0.25) is 0 Å². The van der Waals surface area contributed by atoms with E-state index in [-0.39, 0.29) is 12.5 Å². The van der Waals surface area contributed by atoms with Crippen LogP contribution in [0, 0.1) is 0 Å². The number of hydrogen-bond acceptors (Lipinski definition) is 3. The predicted molar refractivity (Wildman–Crippen MR) is 115 cm³/mol. The molecule has 1 fully saturated rings. The van der Waals surface area contributed by atoms with Gasteiger partial charge in [-0.25, -0.2) is 4.79 Å². The van der Waals surface area contributed by atoms with Gasteiger partial charge < -0.3 is 10.6 Å². The first-order chi connectivity index (χ1) is 14.5. The maximum Gasteiger partial charge on any atom is 0.325 e. The summed E-state index contributed by atoms with van der Waals surface area (Å²) in [7, 11) is 0. The highest BCUT2D eigenvalue weighted by molar-refractivity contribution is 6.10. The molecule has 4 amide bonds. The number of amides is 4. The monoisotopic (exact) mass is 401 g/mol. The molecule has 6 heteroatoms. The van der Waals surface area contributed by atoms with Crippen LogP contribution < -0.4 is 10.6 Å². The second-order valence-corrected chi connectivity index (χ2v) is 7.56. The van der Waals surface area contributed by atoms with E-state index in [1.54, 1.807) is 6.92 Å². The molecular weight excluding hydrogens is 378 g/mol. The Balaban J connectivity index is 1.46. The molecule has 1 heterocycles. The van der Waals surface area contributed by atoms with Gasteiger partial charge in [-0.15, -0.1) is 0 Å². The minimum atomic E-state index is -1.22. The highest BCUT2D eigenvalue weighted by atomic mass is 16.2. The van der Waals surface area contributed by atoms with Crippen LogP contribution in [0.25, 0.3) is 10.8 Å².